The number of carbonyl (C=O) groups excluding carboxylic acids is 1. The number of hydrogen-bond donors (Lipinski definition) is 3. The largest absolute Gasteiger partial charge is 0.506 e. The van der Waals surface area contributed by atoms with Gasteiger partial charge in [0.2, 0.25) is 0 Å². The van der Waals surface area contributed by atoms with Crippen LogP contribution in [0.25, 0.3) is 0 Å². The van der Waals surface area contributed by atoms with Gasteiger partial charge in [-0.1, -0.05) is 48.0 Å². The Morgan fingerprint density at radius 1 is 0.967 bits per heavy atom. The number of rotatable bonds is 7. The predicted octanol–water partition coefficient (Wildman–Crippen LogP) is 4.88. The van der Waals surface area contributed by atoms with Crippen molar-refractivity contribution in [3.63, 3.8) is 0 Å². The number of hydrogen-bond acceptors (Lipinski definition) is 6. The van der Waals surface area contributed by atoms with Crippen LogP contribution in [0.5, 0.6) is 5.75 Å². The van der Waals surface area contributed by atoms with Crippen molar-refractivity contribution in [2.75, 3.05) is 17.2 Å². The zero-order valence-corrected chi connectivity index (χ0v) is 18.0. The molecule has 0 saturated carbocycles. The molecule has 1 atom stereocenters. The van der Waals surface area contributed by atoms with Crippen molar-refractivity contribution in [2.24, 2.45) is 0 Å². The number of aromatic hydroxyl groups is 1. The van der Waals surface area contributed by atoms with E-state index in [0.717, 1.165) is 5.69 Å². The number of anilines is 3. The molecule has 0 bridgehead atoms. The Morgan fingerprint density at radius 2 is 1.53 bits per heavy atom. The van der Waals surface area contributed by atoms with E-state index in [4.69, 9.17) is 16.4 Å². The van der Waals surface area contributed by atoms with Crippen LogP contribution in [0.1, 0.15) is 6.92 Å². The molecule has 0 aliphatic rings. The highest BCUT2D eigenvalue weighted by atomic mass is 35.5. The molecule has 0 fully saturated rings. The van der Waals surface area contributed by atoms with Crippen molar-refractivity contribution < 1.29 is 18.3 Å². The van der Waals surface area contributed by atoms with Gasteiger partial charge in [0, 0.05) is 18.3 Å². The van der Waals surface area contributed by atoms with Crippen molar-refractivity contribution in [1.29, 1.82) is 0 Å². The quantitative estimate of drug-likeness (QED) is 0.448. The number of sulfone groups is 1. The van der Waals surface area contributed by atoms with Gasteiger partial charge in [-0.2, -0.15) is 0 Å². The van der Waals surface area contributed by atoms with Gasteiger partial charge in [-0.3, -0.25) is 0 Å². The van der Waals surface area contributed by atoms with Gasteiger partial charge in [0.1, 0.15) is 12.5 Å². The molecule has 3 rings (SSSR count). The lowest BCUT2D eigenvalue weighted by Crippen LogP contribution is -2.26. The van der Waals surface area contributed by atoms with Crippen LogP contribution in [0.15, 0.2) is 77.7 Å². The summed E-state index contributed by atoms with van der Waals surface area (Å²) in [5.74, 6) is 0.00863. The first-order valence-corrected chi connectivity index (χ1v) is 11.0. The van der Waals surface area contributed by atoms with E-state index < -0.39 is 15.1 Å². The maximum absolute atomic E-state index is 12.6. The Balaban J connectivity index is 0.00000155. The monoisotopic (exact) mass is 446 g/mol. The van der Waals surface area contributed by atoms with Crippen LogP contribution >= 0.6 is 11.6 Å². The number of halogens is 1. The second-order valence-corrected chi connectivity index (χ2v) is 9.16. The Morgan fingerprint density at radius 3 is 2.13 bits per heavy atom. The summed E-state index contributed by atoms with van der Waals surface area (Å²) >= 11 is 6.32. The number of phenols is 1. The van der Waals surface area contributed by atoms with Crippen LogP contribution in [0.2, 0.25) is 5.02 Å². The first kappa shape index (κ1) is 23.3. The average molecular weight is 447 g/mol. The summed E-state index contributed by atoms with van der Waals surface area (Å²) in [6.07, 6.45) is 0. The molecule has 30 heavy (non-hydrogen) atoms. The van der Waals surface area contributed by atoms with E-state index >= 15 is 0 Å². The summed E-state index contributed by atoms with van der Waals surface area (Å²) in [5.41, 5.74) is 1.75. The van der Waals surface area contributed by atoms with Crippen LogP contribution in [-0.4, -0.2) is 32.1 Å². The van der Waals surface area contributed by atoms with E-state index in [1.54, 1.807) is 43.3 Å². The van der Waals surface area contributed by atoms with Crippen molar-refractivity contribution in [3.05, 3.63) is 77.8 Å². The van der Waals surface area contributed by atoms with Gasteiger partial charge >= 0.3 is 0 Å². The predicted molar refractivity (Wildman–Crippen MR) is 122 cm³/mol. The molecule has 3 aromatic rings. The van der Waals surface area contributed by atoms with E-state index in [0.29, 0.717) is 16.4 Å². The number of nitrogens with one attached hydrogen (secondary N) is 2. The molecule has 0 radical (unpaired) electrons. The third kappa shape index (κ3) is 5.75. The Bertz CT molecular complexity index is 1060. The van der Waals surface area contributed by atoms with E-state index in [1.807, 2.05) is 37.1 Å². The molecule has 0 heterocycles. The molecule has 158 valence electrons. The van der Waals surface area contributed by atoms with Crippen LogP contribution in [0.3, 0.4) is 0 Å². The molecule has 3 N–H and O–H groups in total. The molecule has 3 aromatic carbocycles. The Labute approximate surface area is 181 Å². The van der Waals surface area contributed by atoms with Crippen molar-refractivity contribution in [2.45, 2.75) is 17.1 Å². The van der Waals surface area contributed by atoms with Gasteiger partial charge in [-0.05, 0) is 37.3 Å². The normalized spacial score (nSPS) is 11.7. The summed E-state index contributed by atoms with van der Waals surface area (Å²) in [6, 6.07) is 20.8. The van der Waals surface area contributed by atoms with Crippen LogP contribution < -0.4 is 10.6 Å². The topological polar surface area (TPSA) is 95.5 Å². The van der Waals surface area contributed by atoms with Crippen LogP contribution in [-0.2, 0) is 14.6 Å². The van der Waals surface area contributed by atoms with E-state index in [1.165, 1.54) is 6.07 Å². The maximum atomic E-state index is 12.6. The van der Waals surface area contributed by atoms with Gasteiger partial charge in [0.25, 0.3) is 0 Å². The van der Waals surface area contributed by atoms with E-state index in [-0.39, 0.29) is 17.2 Å². The number of benzene rings is 3. The second-order valence-electron chi connectivity index (χ2n) is 6.39. The Kier molecular flexibility index (Phi) is 8.26. The lowest BCUT2D eigenvalue weighted by molar-refractivity contribution is -0.0980. The molecule has 0 spiro atoms. The molecule has 6 nitrogen and oxygen atoms in total. The minimum absolute atomic E-state index is 0.00863. The highest BCUT2D eigenvalue weighted by Gasteiger charge is 2.23. The zero-order chi connectivity index (χ0) is 22.1. The van der Waals surface area contributed by atoms with Gasteiger partial charge in [0.05, 0.1) is 26.5 Å². The highest BCUT2D eigenvalue weighted by Crippen LogP contribution is 2.35. The molecular formula is C22H23ClN2O4S. The minimum Gasteiger partial charge on any atom is -0.506 e. The molecule has 0 aliphatic heterocycles. The number of para-hydroxylation sites is 1. The van der Waals surface area contributed by atoms with E-state index in [2.05, 4.69) is 10.6 Å². The number of phenolic OH excluding ortho intramolecular Hbond substituents is 1. The van der Waals surface area contributed by atoms with Gasteiger partial charge < -0.3 is 20.5 Å². The van der Waals surface area contributed by atoms with Crippen LogP contribution in [0.4, 0.5) is 17.1 Å². The lowest BCUT2D eigenvalue weighted by Gasteiger charge is -2.17. The fourth-order valence-corrected chi connectivity index (χ4v) is 4.21. The first-order chi connectivity index (χ1) is 14.4. The number of carbonyl (C=O) groups is 1. The summed E-state index contributed by atoms with van der Waals surface area (Å²) in [4.78, 5) is 8.28. The van der Waals surface area contributed by atoms with Gasteiger partial charge in [-0.15, -0.1) is 0 Å². The summed E-state index contributed by atoms with van der Waals surface area (Å²) < 4.78 is 25.3. The molecule has 0 aromatic heterocycles. The van der Waals surface area contributed by atoms with Crippen molar-refractivity contribution in [3.8, 4) is 5.75 Å². The molecular weight excluding hydrogens is 424 g/mol. The third-order valence-corrected chi connectivity index (χ3v) is 6.79. The van der Waals surface area contributed by atoms with Crippen molar-refractivity contribution in [1.82, 2.24) is 0 Å². The standard InChI is InChI=1S/C21H21ClN2O3S.CH2O/c1-15(28(26,27)17-10-6-3-7-11-17)14-23-19-13-21(25)20(12-18(19)22)24-16-8-4-2-5-9-16;1-2/h2-13,15,23-25H,14H2,1H3;1H2. The summed E-state index contributed by atoms with van der Waals surface area (Å²) in [6.45, 7) is 3.79. The van der Waals surface area contributed by atoms with Crippen LogP contribution in [0, 0.1) is 0 Å². The average Bonchev–Trinajstić information content (AvgIpc) is 2.77. The summed E-state index contributed by atoms with van der Waals surface area (Å²) in [5, 5.41) is 16.1. The molecule has 0 amide bonds. The second kappa shape index (κ2) is 10.7. The van der Waals surface area contributed by atoms with E-state index in [9.17, 15) is 13.5 Å². The first-order valence-electron chi connectivity index (χ1n) is 9.04. The zero-order valence-electron chi connectivity index (χ0n) is 16.4. The minimum atomic E-state index is -3.46. The summed E-state index contributed by atoms with van der Waals surface area (Å²) in [7, 11) is -3.46. The fourth-order valence-electron chi connectivity index (χ4n) is 2.68. The SMILES string of the molecule is C=O.CC(CNc1cc(O)c(Nc2ccccc2)cc1Cl)S(=O)(=O)c1ccccc1. The van der Waals surface area contributed by atoms with Crippen molar-refractivity contribution >= 4 is 45.3 Å². The Hall–Kier alpha value is -3.03. The molecule has 8 heteroatoms. The molecule has 0 saturated heterocycles. The highest BCUT2D eigenvalue weighted by molar-refractivity contribution is 7.92. The third-order valence-electron chi connectivity index (χ3n) is 4.32. The maximum Gasteiger partial charge on any atom is 0.182 e. The van der Waals surface area contributed by atoms with Gasteiger partial charge in [0.15, 0.2) is 9.84 Å². The molecule has 0 aliphatic carbocycles. The smallest absolute Gasteiger partial charge is 0.182 e. The lowest BCUT2D eigenvalue weighted by atomic mass is 10.2. The molecule has 1 unspecified atom stereocenters. The van der Waals surface area contributed by atoms with Gasteiger partial charge in [-0.25, -0.2) is 8.42 Å². The fraction of sp³-hybridized carbons (Fsp3) is 0.136.